The summed E-state index contributed by atoms with van der Waals surface area (Å²) in [5.74, 6) is 1.77. The van der Waals surface area contributed by atoms with E-state index in [0.717, 1.165) is 24.3 Å². The Labute approximate surface area is 112 Å². The van der Waals surface area contributed by atoms with Gasteiger partial charge in [-0.15, -0.1) is 0 Å². The number of ether oxygens (including phenoxy) is 2. The van der Waals surface area contributed by atoms with Gasteiger partial charge in [-0.3, -0.25) is 4.79 Å². The topological polar surface area (TPSA) is 38.8 Å². The summed E-state index contributed by atoms with van der Waals surface area (Å²) >= 11 is 4.03. The predicted octanol–water partition coefficient (Wildman–Crippen LogP) is 1.52. The number of hydrogen-bond donors (Lipinski definition) is 1. The average molecular weight is 267 g/mol. The quantitative estimate of drug-likeness (QED) is 0.844. The Morgan fingerprint density at radius 3 is 2.44 bits per heavy atom. The number of benzene rings is 1. The highest BCUT2D eigenvalue weighted by Crippen LogP contribution is 2.33. The predicted molar refractivity (Wildman–Crippen MR) is 72.5 cm³/mol. The van der Waals surface area contributed by atoms with E-state index >= 15 is 0 Å². The highest BCUT2D eigenvalue weighted by atomic mass is 32.1. The maximum Gasteiger partial charge on any atom is 0.232 e. The van der Waals surface area contributed by atoms with E-state index in [2.05, 4.69) is 12.6 Å². The number of hydrogen-bond acceptors (Lipinski definition) is 4. The van der Waals surface area contributed by atoms with Gasteiger partial charge in [0.05, 0.1) is 20.0 Å². The first kappa shape index (κ1) is 13.1. The molecule has 0 N–H and O–H groups in total. The zero-order valence-electron chi connectivity index (χ0n) is 10.6. The van der Waals surface area contributed by atoms with Gasteiger partial charge in [-0.25, -0.2) is 0 Å². The van der Waals surface area contributed by atoms with Gasteiger partial charge in [0, 0.05) is 13.1 Å². The molecule has 1 aromatic rings. The molecule has 0 aromatic heterocycles. The van der Waals surface area contributed by atoms with Crippen molar-refractivity contribution in [3.05, 3.63) is 23.3 Å². The zero-order chi connectivity index (χ0) is 13.1. The van der Waals surface area contributed by atoms with Gasteiger partial charge in [-0.1, -0.05) is 0 Å². The summed E-state index contributed by atoms with van der Waals surface area (Å²) in [6, 6.07) is 3.95. The van der Waals surface area contributed by atoms with Gasteiger partial charge >= 0.3 is 0 Å². The molecule has 1 aromatic carbocycles. The van der Waals surface area contributed by atoms with Gasteiger partial charge in [0.2, 0.25) is 5.91 Å². The molecular weight excluding hydrogens is 250 g/mol. The standard InChI is InChI=1S/C13H17NO3S/c1-16-11-5-9-3-4-14(13(15)8-18)7-10(9)6-12(11)17-2/h5-6,18H,3-4,7-8H2,1-2H3. The van der Waals surface area contributed by atoms with E-state index in [1.54, 1.807) is 14.2 Å². The number of carbonyl (C=O) groups is 1. The highest BCUT2D eigenvalue weighted by Gasteiger charge is 2.21. The third-order valence-electron chi connectivity index (χ3n) is 3.21. The molecule has 0 unspecified atom stereocenters. The second kappa shape index (κ2) is 5.52. The van der Waals surface area contributed by atoms with E-state index in [-0.39, 0.29) is 11.7 Å². The van der Waals surface area contributed by atoms with Crippen molar-refractivity contribution in [1.82, 2.24) is 4.90 Å². The Bertz CT molecular complexity index is 462. The monoisotopic (exact) mass is 267 g/mol. The molecule has 0 radical (unpaired) electrons. The molecule has 1 heterocycles. The van der Waals surface area contributed by atoms with Gasteiger partial charge in [-0.05, 0) is 29.7 Å². The van der Waals surface area contributed by atoms with Crippen LogP contribution in [0.4, 0.5) is 0 Å². The summed E-state index contributed by atoms with van der Waals surface area (Å²) in [5, 5.41) is 0. The number of carbonyl (C=O) groups excluding carboxylic acids is 1. The first-order valence-electron chi connectivity index (χ1n) is 5.82. The number of nitrogens with zero attached hydrogens (tertiary/aromatic N) is 1. The summed E-state index contributed by atoms with van der Waals surface area (Å²) in [6.45, 7) is 1.36. The van der Waals surface area contributed by atoms with Crippen LogP contribution < -0.4 is 9.47 Å². The lowest BCUT2D eigenvalue weighted by Crippen LogP contribution is -2.36. The largest absolute Gasteiger partial charge is 0.493 e. The second-order valence-electron chi connectivity index (χ2n) is 4.20. The molecule has 1 aliphatic rings. The van der Waals surface area contributed by atoms with Crippen LogP contribution in [-0.2, 0) is 17.8 Å². The van der Waals surface area contributed by atoms with Crippen molar-refractivity contribution in [3.8, 4) is 11.5 Å². The lowest BCUT2D eigenvalue weighted by Gasteiger charge is -2.29. The van der Waals surface area contributed by atoms with Crippen molar-refractivity contribution in [2.45, 2.75) is 13.0 Å². The van der Waals surface area contributed by atoms with Crippen LogP contribution in [0, 0.1) is 0 Å². The van der Waals surface area contributed by atoms with E-state index in [4.69, 9.17) is 9.47 Å². The molecule has 5 heteroatoms. The van der Waals surface area contributed by atoms with Gasteiger partial charge in [0.25, 0.3) is 0 Å². The van der Waals surface area contributed by atoms with Crippen molar-refractivity contribution < 1.29 is 14.3 Å². The fourth-order valence-corrected chi connectivity index (χ4v) is 2.40. The van der Waals surface area contributed by atoms with Gasteiger partial charge < -0.3 is 14.4 Å². The molecule has 0 bridgehead atoms. The van der Waals surface area contributed by atoms with Crippen molar-refractivity contribution in [3.63, 3.8) is 0 Å². The van der Waals surface area contributed by atoms with Crippen LogP contribution in [0.1, 0.15) is 11.1 Å². The molecule has 0 atom stereocenters. The SMILES string of the molecule is COc1cc2c(cc1OC)CN(C(=O)CS)CC2. The summed E-state index contributed by atoms with van der Waals surface area (Å²) in [6.07, 6.45) is 0.842. The summed E-state index contributed by atoms with van der Waals surface area (Å²) in [7, 11) is 3.24. The first-order valence-corrected chi connectivity index (χ1v) is 6.45. The third-order valence-corrected chi connectivity index (χ3v) is 3.48. The molecule has 18 heavy (non-hydrogen) atoms. The molecule has 2 rings (SSSR count). The van der Waals surface area contributed by atoms with Crippen molar-refractivity contribution >= 4 is 18.5 Å². The number of methoxy groups -OCH3 is 2. The summed E-state index contributed by atoms with van der Waals surface area (Å²) in [4.78, 5) is 13.5. The molecule has 1 amide bonds. The molecule has 0 spiro atoms. The normalized spacial score (nSPS) is 14.1. The van der Waals surface area contributed by atoms with Crippen molar-refractivity contribution in [2.75, 3.05) is 26.5 Å². The van der Waals surface area contributed by atoms with E-state index in [1.807, 2.05) is 17.0 Å². The van der Waals surface area contributed by atoms with Crippen LogP contribution in [-0.4, -0.2) is 37.3 Å². The van der Waals surface area contributed by atoms with Crippen LogP contribution in [0.5, 0.6) is 11.5 Å². The molecule has 1 aliphatic heterocycles. The molecule has 98 valence electrons. The van der Waals surface area contributed by atoms with Gasteiger partial charge in [0.1, 0.15) is 0 Å². The van der Waals surface area contributed by atoms with Crippen LogP contribution >= 0.6 is 12.6 Å². The number of fused-ring (bicyclic) bond motifs is 1. The number of rotatable bonds is 3. The minimum atomic E-state index is 0.0683. The smallest absolute Gasteiger partial charge is 0.232 e. The molecule has 0 aliphatic carbocycles. The average Bonchev–Trinajstić information content (AvgIpc) is 2.44. The molecule has 0 fully saturated rings. The Morgan fingerprint density at radius 1 is 1.28 bits per heavy atom. The fourth-order valence-electron chi connectivity index (χ4n) is 2.20. The summed E-state index contributed by atoms with van der Waals surface area (Å²) < 4.78 is 10.6. The Kier molecular flexibility index (Phi) is 4.01. The maximum absolute atomic E-state index is 11.6. The first-order chi connectivity index (χ1) is 8.69. The van der Waals surface area contributed by atoms with Gasteiger partial charge in [0.15, 0.2) is 11.5 Å². The van der Waals surface area contributed by atoms with Gasteiger partial charge in [-0.2, -0.15) is 12.6 Å². The minimum absolute atomic E-state index is 0.0683. The molecule has 4 nitrogen and oxygen atoms in total. The van der Waals surface area contributed by atoms with Crippen molar-refractivity contribution in [1.29, 1.82) is 0 Å². The lowest BCUT2D eigenvalue weighted by atomic mass is 9.99. The van der Waals surface area contributed by atoms with Crippen LogP contribution in [0.15, 0.2) is 12.1 Å². The van der Waals surface area contributed by atoms with Crippen LogP contribution in [0.2, 0.25) is 0 Å². The summed E-state index contributed by atoms with van der Waals surface area (Å²) in [5.41, 5.74) is 2.34. The number of amides is 1. The van der Waals surface area contributed by atoms with E-state index in [1.165, 1.54) is 5.56 Å². The Balaban J connectivity index is 2.29. The van der Waals surface area contributed by atoms with E-state index in [0.29, 0.717) is 12.3 Å². The van der Waals surface area contributed by atoms with Crippen molar-refractivity contribution in [2.24, 2.45) is 0 Å². The second-order valence-corrected chi connectivity index (χ2v) is 4.52. The Hall–Kier alpha value is -1.36. The fraction of sp³-hybridized carbons (Fsp3) is 0.462. The minimum Gasteiger partial charge on any atom is -0.493 e. The van der Waals surface area contributed by atoms with Crippen LogP contribution in [0.25, 0.3) is 0 Å². The molecular formula is C13H17NO3S. The molecule has 0 saturated carbocycles. The zero-order valence-corrected chi connectivity index (χ0v) is 11.5. The Morgan fingerprint density at radius 2 is 1.89 bits per heavy atom. The van der Waals surface area contributed by atoms with E-state index < -0.39 is 0 Å². The third kappa shape index (κ3) is 2.41. The maximum atomic E-state index is 11.6. The number of thiol groups is 1. The molecule has 0 saturated heterocycles. The highest BCUT2D eigenvalue weighted by molar-refractivity contribution is 7.81. The van der Waals surface area contributed by atoms with Crippen LogP contribution in [0.3, 0.4) is 0 Å². The van der Waals surface area contributed by atoms with E-state index in [9.17, 15) is 4.79 Å². The lowest BCUT2D eigenvalue weighted by molar-refractivity contribution is -0.129.